The lowest BCUT2D eigenvalue weighted by Crippen LogP contribution is -2.26. The molecule has 2 rings (SSSR count). The maximum absolute atomic E-state index is 11.3. The van der Waals surface area contributed by atoms with Crippen LogP contribution in [0.25, 0.3) is 0 Å². The Morgan fingerprint density at radius 1 is 0.867 bits per heavy atom. The van der Waals surface area contributed by atoms with Gasteiger partial charge in [-0.05, 0) is 44.4 Å². The van der Waals surface area contributed by atoms with Crippen LogP contribution >= 0.6 is 0 Å². The zero-order valence-electron chi connectivity index (χ0n) is 19.4. The molecule has 0 radical (unpaired) electrons. The topological polar surface area (TPSA) is 66.4 Å². The third-order valence-corrected chi connectivity index (χ3v) is 7.02. The van der Waals surface area contributed by atoms with E-state index in [1.807, 2.05) is 6.07 Å². The summed E-state index contributed by atoms with van der Waals surface area (Å²) in [6.45, 7) is 2.24. The van der Waals surface area contributed by atoms with Gasteiger partial charge in [0.15, 0.2) is 0 Å². The van der Waals surface area contributed by atoms with Gasteiger partial charge in [-0.15, -0.1) is 0 Å². The van der Waals surface area contributed by atoms with E-state index in [0.29, 0.717) is 6.42 Å². The summed E-state index contributed by atoms with van der Waals surface area (Å²) < 4.78 is 31.8. The van der Waals surface area contributed by atoms with Gasteiger partial charge in [0.25, 0.3) is 10.1 Å². The van der Waals surface area contributed by atoms with Gasteiger partial charge in [-0.3, -0.25) is 4.55 Å². The van der Waals surface area contributed by atoms with Crippen LogP contribution in [0.15, 0.2) is 29.2 Å². The molecule has 0 amide bonds. The highest BCUT2D eigenvalue weighted by molar-refractivity contribution is 7.85. The van der Waals surface area contributed by atoms with Crippen LogP contribution in [-0.2, 0) is 16.5 Å². The van der Waals surface area contributed by atoms with E-state index in [0.717, 1.165) is 24.4 Å². The Kier molecular flexibility index (Phi) is 15.1. The summed E-state index contributed by atoms with van der Waals surface area (Å²) in [7, 11) is -2.03. The van der Waals surface area contributed by atoms with Crippen LogP contribution in [0.1, 0.15) is 109 Å². The summed E-state index contributed by atoms with van der Waals surface area (Å²) in [5.74, 6) is 0. The van der Waals surface area contributed by atoms with Gasteiger partial charge in [-0.2, -0.15) is 8.42 Å². The van der Waals surface area contributed by atoms with Crippen LogP contribution < -0.4 is 5.32 Å². The summed E-state index contributed by atoms with van der Waals surface area (Å²) in [5, 5.41) is 3.30. The average molecular weight is 440 g/mol. The van der Waals surface area contributed by atoms with Crippen molar-refractivity contribution < 1.29 is 13.0 Å². The Hall–Kier alpha value is -0.910. The van der Waals surface area contributed by atoms with Crippen LogP contribution in [-0.4, -0.2) is 26.1 Å². The molecule has 4 nitrogen and oxygen atoms in total. The van der Waals surface area contributed by atoms with E-state index < -0.39 is 10.1 Å². The van der Waals surface area contributed by atoms with Crippen molar-refractivity contribution in [2.75, 3.05) is 7.05 Å². The van der Waals surface area contributed by atoms with Crippen molar-refractivity contribution in [1.82, 2.24) is 5.32 Å². The first-order valence-electron chi connectivity index (χ1n) is 12.2. The lowest BCUT2D eigenvalue weighted by molar-refractivity contribution is 0.394. The van der Waals surface area contributed by atoms with E-state index in [9.17, 15) is 13.0 Å². The predicted octanol–water partition coefficient (Wildman–Crippen LogP) is 6.94. The van der Waals surface area contributed by atoms with Crippen LogP contribution in [0.4, 0.5) is 0 Å². The SMILES string of the molecule is CCCCCCCCCCCCc1ccccc1S(=O)(=O)O.CNC1CCCCC1. The van der Waals surface area contributed by atoms with E-state index in [-0.39, 0.29) is 4.90 Å². The maximum atomic E-state index is 11.3. The fourth-order valence-electron chi connectivity index (χ4n) is 4.16. The molecule has 0 bridgehead atoms. The van der Waals surface area contributed by atoms with E-state index in [4.69, 9.17) is 0 Å². The van der Waals surface area contributed by atoms with Gasteiger partial charge >= 0.3 is 0 Å². The second-order valence-electron chi connectivity index (χ2n) is 8.64. The number of aryl methyl sites for hydroxylation is 1. The molecule has 0 saturated heterocycles. The smallest absolute Gasteiger partial charge is 0.294 e. The third-order valence-electron chi connectivity index (χ3n) is 6.06. The highest BCUT2D eigenvalue weighted by Crippen LogP contribution is 2.19. The van der Waals surface area contributed by atoms with Gasteiger partial charge < -0.3 is 5.32 Å². The third kappa shape index (κ3) is 12.7. The van der Waals surface area contributed by atoms with Gasteiger partial charge in [0.1, 0.15) is 0 Å². The zero-order valence-corrected chi connectivity index (χ0v) is 20.2. The van der Waals surface area contributed by atoms with Crippen molar-refractivity contribution in [3.8, 4) is 0 Å². The first-order chi connectivity index (χ1) is 14.5. The van der Waals surface area contributed by atoms with Crippen molar-refractivity contribution in [3.05, 3.63) is 29.8 Å². The minimum Gasteiger partial charge on any atom is -0.317 e. The standard InChI is InChI=1S/C18H30O3S.C7H15N/c1-2-3-4-5-6-7-8-9-10-11-14-17-15-12-13-16-18(17)22(19,20)21;1-8-7-5-3-2-4-6-7/h12-13,15-16H,2-11,14H2,1H3,(H,19,20,21);7-8H,2-6H2,1H3. The average Bonchev–Trinajstić information content (AvgIpc) is 2.75. The quantitative estimate of drug-likeness (QED) is 0.258. The fourth-order valence-corrected chi connectivity index (χ4v) is 4.91. The number of benzene rings is 1. The highest BCUT2D eigenvalue weighted by atomic mass is 32.2. The van der Waals surface area contributed by atoms with Gasteiger partial charge in [0.2, 0.25) is 0 Å². The van der Waals surface area contributed by atoms with Crippen LogP contribution in [0.3, 0.4) is 0 Å². The Bertz CT molecular complexity index is 640. The van der Waals surface area contributed by atoms with Crippen LogP contribution in [0.2, 0.25) is 0 Å². The minimum absolute atomic E-state index is 0.0610. The molecular weight excluding hydrogens is 394 g/mol. The lowest BCUT2D eigenvalue weighted by atomic mass is 9.96. The Morgan fingerprint density at radius 2 is 1.40 bits per heavy atom. The minimum atomic E-state index is -4.10. The monoisotopic (exact) mass is 439 g/mol. The van der Waals surface area contributed by atoms with Crippen molar-refractivity contribution in [1.29, 1.82) is 0 Å². The van der Waals surface area contributed by atoms with Crippen molar-refractivity contribution in [2.24, 2.45) is 0 Å². The molecule has 0 aliphatic heterocycles. The van der Waals surface area contributed by atoms with Gasteiger partial charge in [0, 0.05) is 6.04 Å². The Labute approximate surface area is 186 Å². The first-order valence-corrected chi connectivity index (χ1v) is 13.7. The summed E-state index contributed by atoms with van der Waals surface area (Å²) in [4.78, 5) is 0.0610. The van der Waals surface area contributed by atoms with Crippen LogP contribution in [0.5, 0.6) is 0 Å². The second-order valence-corrected chi connectivity index (χ2v) is 10.0. The van der Waals surface area contributed by atoms with Gasteiger partial charge in [0.05, 0.1) is 4.90 Å². The largest absolute Gasteiger partial charge is 0.317 e. The molecule has 1 aliphatic rings. The van der Waals surface area contributed by atoms with Gasteiger partial charge in [-0.25, -0.2) is 0 Å². The summed E-state index contributed by atoms with van der Waals surface area (Å²) in [6.07, 6.45) is 20.4. The molecule has 0 heterocycles. The van der Waals surface area contributed by atoms with E-state index in [1.165, 1.54) is 89.5 Å². The number of hydrogen-bond acceptors (Lipinski definition) is 3. The molecule has 1 aromatic rings. The van der Waals surface area contributed by atoms with Crippen LogP contribution in [0, 0.1) is 0 Å². The summed E-state index contributed by atoms with van der Waals surface area (Å²) in [5.41, 5.74) is 0.726. The molecule has 1 aliphatic carbocycles. The Morgan fingerprint density at radius 3 is 1.90 bits per heavy atom. The molecule has 5 heteroatoms. The summed E-state index contributed by atoms with van der Waals surface area (Å²) in [6, 6.07) is 7.56. The molecule has 1 aromatic carbocycles. The lowest BCUT2D eigenvalue weighted by Gasteiger charge is -2.20. The molecule has 0 atom stereocenters. The maximum Gasteiger partial charge on any atom is 0.294 e. The highest BCUT2D eigenvalue weighted by Gasteiger charge is 2.13. The number of hydrogen-bond donors (Lipinski definition) is 2. The first kappa shape index (κ1) is 27.1. The second kappa shape index (κ2) is 16.7. The van der Waals surface area contributed by atoms with Crippen molar-refractivity contribution in [3.63, 3.8) is 0 Å². The summed E-state index contributed by atoms with van der Waals surface area (Å²) >= 11 is 0. The molecule has 2 N–H and O–H groups in total. The van der Waals surface area contributed by atoms with Crippen molar-refractivity contribution in [2.45, 2.75) is 121 Å². The molecule has 0 aromatic heterocycles. The van der Waals surface area contributed by atoms with Crippen molar-refractivity contribution >= 4 is 10.1 Å². The zero-order chi connectivity index (χ0) is 22.1. The molecule has 0 unspecified atom stereocenters. The molecule has 30 heavy (non-hydrogen) atoms. The normalized spacial score (nSPS) is 14.9. The van der Waals surface area contributed by atoms with Gasteiger partial charge in [-0.1, -0.05) is 102 Å². The van der Waals surface area contributed by atoms with E-state index in [2.05, 4.69) is 19.3 Å². The molecule has 1 fully saturated rings. The fraction of sp³-hybridized carbons (Fsp3) is 0.760. The Balaban J connectivity index is 0.000000467. The predicted molar refractivity (Wildman–Crippen MR) is 128 cm³/mol. The van der Waals surface area contributed by atoms with E-state index >= 15 is 0 Å². The molecule has 0 spiro atoms. The molecular formula is C25H45NO3S. The number of rotatable bonds is 13. The molecule has 1 saturated carbocycles. The number of unbranched alkanes of at least 4 members (excludes halogenated alkanes) is 9. The molecule has 174 valence electrons. The van der Waals surface area contributed by atoms with E-state index in [1.54, 1.807) is 12.1 Å². The number of nitrogens with one attached hydrogen (secondary N) is 1.